The molecular weight excluding hydrogens is 214 g/mol. The van der Waals surface area contributed by atoms with Crippen molar-refractivity contribution in [3.05, 3.63) is 29.9 Å². The van der Waals surface area contributed by atoms with E-state index in [1.165, 1.54) is 28.7 Å². The Hall–Kier alpha value is -1.14. The molecule has 0 radical (unpaired) electrons. The summed E-state index contributed by atoms with van der Waals surface area (Å²) in [6, 6.07) is 0. The number of allylic oxidation sites excluding steroid dienone is 2. The van der Waals surface area contributed by atoms with Crippen LogP contribution in [0, 0.1) is 0 Å². The predicted molar refractivity (Wildman–Crippen MR) is 56.8 cm³/mol. The lowest BCUT2D eigenvalue weighted by atomic mass is 10.1. The van der Waals surface area contributed by atoms with E-state index in [1.807, 2.05) is 12.2 Å². The minimum absolute atomic E-state index is 0.627. The molecule has 0 aromatic carbocycles. The van der Waals surface area contributed by atoms with Crippen LogP contribution in [-0.4, -0.2) is 35.8 Å². The highest BCUT2D eigenvalue weighted by atomic mass is 32.2. The van der Waals surface area contributed by atoms with Gasteiger partial charge < -0.3 is 0 Å². The zero-order valence-corrected chi connectivity index (χ0v) is 9.53. The van der Waals surface area contributed by atoms with E-state index in [-0.39, 0.29) is 0 Å². The van der Waals surface area contributed by atoms with E-state index >= 15 is 0 Å². The lowest BCUT2D eigenvalue weighted by molar-refractivity contribution is 0.509. The van der Waals surface area contributed by atoms with Crippen LogP contribution in [0.3, 0.4) is 0 Å². The molecular formula is C9H13N3O2S. The van der Waals surface area contributed by atoms with Crippen LogP contribution in [0.1, 0.15) is 11.4 Å². The summed E-state index contributed by atoms with van der Waals surface area (Å²) in [4.78, 5) is 4.11. The Morgan fingerprint density at radius 1 is 1.33 bits per heavy atom. The number of aromatic nitrogens is 2. The van der Waals surface area contributed by atoms with Gasteiger partial charge in [-0.05, 0) is 0 Å². The van der Waals surface area contributed by atoms with Crippen molar-refractivity contribution in [1.82, 2.24) is 13.3 Å². The van der Waals surface area contributed by atoms with E-state index in [0.29, 0.717) is 12.8 Å². The fourth-order valence-corrected chi connectivity index (χ4v) is 2.51. The maximum atomic E-state index is 11.9. The molecule has 0 N–H and O–H groups in total. The molecule has 0 saturated heterocycles. The third-order valence-corrected chi connectivity index (χ3v) is 4.15. The molecule has 0 unspecified atom stereocenters. The van der Waals surface area contributed by atoms with Crippen LogP contribution < -0.4 is 0 Å². The van der Waals surface area contributed by atoms with E-state index in [0.717, 1.165) is 11.4 Å². The van der Waals surface area contributed by atoms with Gasteiger partial charge >= 0.3 is 10.2 Å². The molecule has 0 saturated carbocycles. The van der Waals surface area contributed by atoms with Crippen molar-refractivity contribution in [3.8, 4) is 0 Å². The van der Waals surface area contributed by atoms with Crippen molar-refractivity contribution in [3.63, 3.8) is 0 Å². The minimum Gasteiger partial charge on any atom is -0.240 e. The lowest BCUT2D eigenvalue weighted by Crippen LogP contribution is -2.29. The lowest BCUT2D eigenvalue weighted by Gasteiger charge is -2.15. The number of hydrogen-bond donors (Lipinski definition) is 0. The van der Waals surface area contributed by atoms with Crippen LogP contribution in [0.15, 0.2) is 18.5 Å². The molecule has 0 bridgehead atoms. The second kappa shape index (κ2) is 3.46. The van der Waals surface area contributed by atoms with Gasteiger partial charge in [-0.15, -0.1) is 0 Å². The number of rotatable bonds is 2. The van der Waals surface area contributed by atoms with Crippen LogP contribution in [0.2, 0.25) is 0 Å². The number of imidazole rings is 1. The summed E-state index contributed by atoms with van der Waals surface area (Å²) in [5, 5.41) is 0. The Morgan fingerprint density at radius 3 is 2.67 bits per heavy atom. The number of hydrogen-bond acceptors (Lipinski definition) is 3. The van der Waals surface area contributed by atoms with Gasteiger partial charge in [-0.25, -0.2) is 8.96 Å². The molecule has 15 heavy (non-hydrogen) atoms. The molecule has 0 atom stereocenters. The molecule has 1 aliphatic rings. The minimum atomic E-state index is -3.42. The van der Waals surface area contributed by atoms with Crippen molar-refractivity contribution < 1.29 is 8.42 Å². The van der Waals surface area contributed by atoms with Crippen LogP contribution in [-0.2, 0) is 23.1 Å². The first-order chi connectivity index (χ1) is 7.03. The molecule has 0 fully saturated rings. The summed E-state index contributed by atoms with van der Waals surface area (Å²) in [6.45, 7) is 0. The van der Waals surface area contributed by atoms with Gasteiger partial charge in [-0.3, -0.25) is 0 Å². The SMILES string of the molecule is CN(C)S(=O)(=O)n1cnc2c1CC=CC2. The van der Waals surface area contributed by atoms with Crippen LogP contribution in [0.5, 0.6) is 0 Å². The van der Waals surface area contributed by atoms with Crippen LogP contribution in [0.25, 0.3) is 0 Å². The third kappa shape index (κ3) is 1.59. The fraction of sp³-hybridized carbons (Fsp3) is 0.444. The average molecular weight is 227 g/mol. The van der Waals surface area contributed by atoms with Crippen molar-refractivity contribution in [2.75, 3.05) is 14.1 Å². The Labute approximate surface area is 89.2 Å². The van der Waals surface area contributed by atoms with E-state index in [1.54, 1.807) is 0 Å². The maximum Gasteiger partial charge on any atom is 0.308 e. The van der Waals surface area contributed by atoms with Gasteiger partial charge in [-0.1, -0.05) is 12.2 Å². The summed E-state index contributed by atoms with van der Waals surface area (Å²) < 4.78 is 26.2. The molecule has 1 heterocycles. The summed E-state index contributed by atoms with van der Waals surface area (Å²) >= 11 is 0. The Bertz CT molecular complexity index is 499. The molecule has 82 valence electrons. The van der Waals surface area contributed by atoms with Gasteiger partial charge in [0.1, 0.15) is 6.33 Å². The highest BCUT2D eigenvalue weighted by Crippen LogP contribution is 2.17. The topological polar surface area (TPSA) is 55.2 Å². The smallest absolute Gasteiger partial charge is 0.240 e. The Kier molecular flexibility index (Phi) is 2.40. The summed E-state index contributed by atoms with van der Waals surface area (Å²) in [7, 11) is -0.393. The van der Waals surface area contributed by atoms with Gasteiger partial charge in [0.2, 0.25) is 0 Å². The first kappa shape index (κ1) is 10.4. The van der Waals surface area contributed by atoms with Crippen molar-refractivity contribution in [2.45, 2.75) is 12.8 Å². The molecule has 1 aliphatic carbocycles. The molecule has 1 aromatic rings. The molecule has 2 rings (SSSR count). The number of fused-ring (bicyclic) bond motifs is 1. The van der Waals surface area contributed by atoms with Gasteiger partial charge in [-0.2, -0.15) is 12.7 Å². The largest absolute Gasteiger partial charge is 0.308 e. The van der Waals surface area contributed by atoms with Gasteiger partial charge in [0.25, 0.3) is 0 Å². The quantitative estimate of drug-likeness (QED) is 0.678. The molecule has 5 nitrogen and oxygen atoms in total. The molecule has 1 aromatic heterocycles. The molecule has 6 heteroatoms. The van der Waals surface area contributed by atoms with E-state index in [9.17, 15) is 8.42 Å². The van der Waals surface area contributed by atoms with E-state index in [2.05, 4.69) is 4.98 Å². The first-order valence-electron chi connectivity index (χ1n) is 4.66. The number of nitrogens with zero attached hydrogens (tertiary/aromatic N) is 3. The second-order valence-corrected chi connectivity index (χ2v) is 5.62. The van der Waals surface area contributed by atoms with Crippen molar-refractivity contribution >= 4 is 10.2 Å². The molecule has 0 aliphatic heterocycles. The van der Waals surface area contributed by atoms with Gasteiger partial charge in [0.05, 0.1) is 11.4 Å². The second-order valence-electron chi connectivity index (χ2n) is 3.60. The van der Waals surface area contributed by atoms with Crippen LogP contribution in [0.4, 0.5) is 0 Å². The summed E-state index contributed by atoms with van der Waals surface area (Å²) in [6.07, 6.45) is 6.69. The van der Waals surface area contributed by atoms with Crippen LogP contribution >= 0.6 is 0 Å². The van der Waals surface area contributed by atoms with Gasteiger partial charge in [0.15, 0.2) is 0 Å². The summed E-state index contributed by atoms with van der Waals surface area (Å²) in [5.41, 5.74) is 1.62. The molecule has 0 amide bonds. The standard InChI is InChI=1S/C9H13N3O2S/c1-11(2)15(13,14)12-7-10-8-5-3-4-6-9(8)12/h3-4,7H,5-6H2,1-2H3. The summed E-state index contributed by atoms with van der Waals surface area (Å²) in [5.74, 6) is 0. The van der Waals surface area contributed by atoms with Crippen molar-refractivity contribution in [2.24, 2.45) is 0 Å². The maximum absolute atomic E-state index is 11.9. The van der Waals surface area contributed by atoms with Crippen molar-refractivity contribution in [1.29, 1.82) is 0 Å². The third-order valence-electron chi connectivity index (χ3n) is 2.42. The normalized spacial score (nSPS) is 15.7. The monoisotopic (exact) mass is 227 g/mol. The van der Waals surface area contributed by atoms with Gasteiger partial charge in [0, 0.05) is 26.9 Å². The first-order valence-corrected chi connectivity index (χ1v) is 6.06. The van der Waals surface area contributed by atoms with E-state index in [4.69, 9.17) is 0 Å². The zero-order valence-electron chi connectivity index (χ0n) is 8.71. The highest BCUT2D eigenvalue weighted by molar-refractivity contribution is 7.87. The predicted octanol–water partition coefficient (Wildman–Crippen LogP) is 0.192. The Balaban J connectivity index is 2.53. The average Bonchev–Trinajstić information content (AvgIpc) is 2.61. The zero-order chi connectivity index (χ0) is 11.1. The fourth-order valence-electron chi connectivity index (χ4n) is 1.54. The van der Waals surface area contributed by atoms with E-state index < -0.39 is 10.2 Å². The molecule has 0 spiro atoms. The highest BCUT2D eigenvalue weighted by Gasteiger charge is 2.22. The Morgan fingerprint density at radius 2 is 2.00 bits per heavy atom.